The van der Waals surface area contributed by atoms with Gasteiger partial charge >= 0.3 is 6.18 Å². The Hall–Kier alpha value is -1.82. The Morgan fingerprint density at radius 3 is 2.33 bits per heavy atom. The van der Waals surface area contributed by atoms with E-state index in [4.69, 9.17) is 19.2 Å². The molecule has 2 fully saturated rings. The first-order valence-electron chi connectivity index (χ1n) is 17.6. The first-order valence-corrected chi connectivity index (χ1v) is 22.5. The van der Waals surface area contributed by atoms with Gasteiger partial charge in [0.15, 0.2) is 5.60 Å². The minimum absolute atomic E-state index is 0.0181. The van der Waals surface area contributed by atoms with Crippen molar-refractivity contribution in [2.24, 2.45) is 5.92 Å². The summed E-state index contributed by atoms with van der Waals surface area (Å²) in [5.74, 6) is -3.19. The number of halogens is 5. The number of benzene rings is 1. The molecule has 290 valence electrons. The van der Waals surface area contributed by atoms with Gasteiger partial charge in [-0.05, 0) is 84.0 Å². The number of imidazole rings is 1. The summed E-state index contributed by atoms with van der Waals surface area (Å²) in [6, 6.07) is 4.62. The second-order valence-electron chi connectivity index (χ2n) is 16.8. The van der Waals surface area contributed by atoms with Crippen molar-refractivity contribution in [2.75, 3.05) is 13.2 Å². The van der Waals surface area contributed by atoms with Crippen molar-refractivity contribution in [3.05, 3.63) is 29.6 Å². The fraction of sp³-hybridized carbons (Fsp3) is 0.771. The number of nitrogens with one attached hydrogen (secondary N) is 2. The molecule has 0 spiro atoms. The van der Waals surface area contributed by atoms with Crippen LogP contribution >= 0.6 is 0 Å². The van der Waals surface area contributed by atoms with Crippen LogP contribution in [0.15, 0.2) is 18.2 Å². The average molecular weight is 767 g/mol. The zero-order chi connectivity index (χ0) is 38.2. The van der Waals surface area contributed by atoms with E-state index in [1.165, 1.54) is 6.92 Å². The van der Waals surface area contributed by atoms with E-state index in [9.17, 15) is 31.3 Å². The zero-order valence-electron chi connectivity index (χ0n) is 31.2. The summed E-state index contributed by atoms with van der Waals surface area (Å²) in [4.78, 5) is 17.9. The summed E-state index contributed by atoms with van der Waals surface area (Å²) >= 11 is -1.72. The van der Waals surface area contributed by atoms with E-state index in [1.54, 1.807) is 37.5 Å². The van der Waals surface area contributed by atoms with Crippen LogP contribution < -0.4 is 10.0 Å². The monoisotopic (exact) mass is 766 g/mol. The molecule has 1 aromatic carbocycles. The van der Waals surface area contributed by atoms with Crippen molar-refractivity contribution in [2.45, 2.75) is 153 Å². The van der Waals surface area contributed by atoms with Gasteiger partial charge in [-0.1, -0.05) is 25.7 Å². The quantitative estimate of drug-likeness (QED) is 0.0686. The third kappa shape index (κ3) is 11.8. The molecule has 2 aliphatic carbocycles. The van der Waals surface area contributed by atoms with E-state index in [2.05, 4.69) is 29.7 Å². The molecule has 16 heteroatoms. The minimum atomic E-state index is -4.68. The number of aromatic nitrogens is 2. The van der Waals surface area contributed by atoms with Crippen LogP contribution in [0.25, 0.3) is 11.0 Å². The van der Waals surface area contributed by atoms with Crippen LogP contribution in [0.1, 0.15) is 97.1 Å². The number of rotatable bonds is 18. The van der Waals surface area contributed by atoms with Crippen LogP contribution in [-0.2, 0) is 37.1 Å². The summed E-state index contributed by atoms with van der Waals surface area (Å²) in [5, 5.41) is 2.97. The predicted molar refractivity (Wildman–Crippen MR) is 190 cm³/mol. The van der Waals surface area contributed by atoms with Gasteiger partial charge in [0.25, 0.3) is 0 Å². The molecule has 4 rings (SSSR count). The molecule has 9 nitrogen and oxygen atoms in total. The second kappa shape index (κ2) is 15.9. The van der Waals surface area contributed by atoms with Gasteiger partial charge in [0.05, 0.1) is 35.9 Å². The second-order valence-corrected chi connectivity index (χ2v) is 24.4. The topological polar surface area (TPSA) is 110 Å². The minimum Gasteiger partial charge on any atom is -0.598 e. The third-order valence-corrected chi connectivity index (χ3v) is 12.4. The Morgan fingerprint density at radius 1 is 1.14 bits per heavy atom. The van der Waals surface area contributed by atoms with E-state index < -0.39 is 60.1 Å². The third-order valence-electron chi connectivity index (χ3n) is 9.13. The van der Waals surface area contributed by atoms with Gasteiger partial charge in [-0.15, -0.1) is 4.72 Å². The van der Waals surface area contributed by atoms with Crippen molar-refractivity contribution in [3.63, 3.8) is 0 Å². The fourth-order valence-electron chi connectivity index (χ4n) is 5.67. The average Bonchev–Trinajstić information content (AvgIpc) is 3.72. The molecule has 2 aliphatic rings. The van der Waals surface area contributed by atoms with Gasteiger partial charge in [0, 0.05) is 45.3 Å². The van der Waals surface area contributed by atoms with Crippen molar-refractivity contribution >= 4 is 36.4 Å². The SMILES string of the molecule is C[C@@H](OC(C)(C)C(F)(F)F)[C@H](N[S@+]([O-])C(C)(C)C)c1nc2cc([C@@H](COC3CC3)NC(=O)CC3CC(F)(F)C3)ccc2n1COCC[Si](C)(C)C. The van der Waals surface area contributed by atoms with E-state index in [0.29, 0.717) is 23.2 Å². The Morgan fingerprint density at radius 2 is 1.78 bits per heavy atom. The van der Waals surface area contributed by atoms with Gasteiger partial charge in [-0.25, -0.2) is 13.8 Å². The Bertz CT molecular complexity index is 1480. The largest absolute Gasteiger partial charge is 0.598 e. The molecule has 0 unspecified atom stereocenters. The van der Waals surface area contributed by atoms with Crippen LogP contribution in [0, 0.1) is 5.92 Å². The highest BCUT2D eigenvalue weighted by molar-refractivity contribution is 7.90. The normalized spacial score (nSPS) is 19.8. The maximum Gasteiger partial charge on any atom is 0.416 e. The number of hydrogen-bond donors (Lipinski definition) is 2. The Balaban J connectivity index is 1.72. The highest BCUT2D eigenvalue weighted by Crippen LogP contribution is 2.44. The van der Waals surface area contributed by atoms with E-state index >= 15 is 0 Å². The van der Waals surface area contributed by atoms with Gasteiger partial charge in [0.2, 0.25) is 11.8 Å². The Kier molecular flexibility index (Phi) is 13.1. The highest BCUT2D eigenvalue weighted by atomic mass is 32.2. The molecule has 4 atom stereocenters. The molecule has 1 amide bonds. The predicted octanol–water partition coefficient (Wildman–Crippen LogP) is 7.96. The maximum atomic E-state index is 14.0. The molecular weight excluding hydrogens is 712 g/mol. The first-order chi connectivity index (χ1) is 23.3. The van der Waals surface area contributed by atoms with Gasteiger partial charge in [-0.2, -0.15) is 13.2 Å². The number of hydrogen-bond acceptors (Lipinski definition) is 7. The summed E-state index contributed by atoms with van der Waals surface area (Å²) in [6.07, 6.45) is -4.55. The number of amides is 1. The zero-order valence-corrected chi connectivity index (χ0v) is 33.0. The van der Waals surface area contributed by atoms with Gasteiger partial charge in [-0.3, -0.25) is 4.79 Å². The molecule has 1 aromatic heterocycles. The number of carbonyl (C=O) groups is 1. The molecule has 2 aromatic rings. The summed E-state index contributed by atoms with van der Waals surface area (Å²) in [5.41, 5.74) is -0.773. The van der Waals surface area contributed by atoms with Crippen LogP contribution in [0.4, 0.5) is 22.0 Å². The molecule has 2 N–H and O–H groups in total. The van der Waals surface area contributed by atoms with Gasteiger partial charge in [0.1, 0.15) is 23.3 Å². The number of alkyl halides is 5. The Labute approximate surface area is 302 Å². The number of nitrogens with zero attached hydrogens (tertiary/aromatic N) is 2. The van der Waals surface area contributed by atoms with E-state index in [0.717, 1.165) is 32.7 Å². The fourth-order valence-corrected chi connectivity index (χ4v) is 7.31. The van der Waals surface area contributed by atoms with Crippen LogP contribution in [0.2, 0.25) is 25.7 Å². The lowest BCUT2D eigenvalue weighted by molar-refractivity contribution is -0.277. The van der Waals surface area contributed by atoms with Crippen molar-refractivity contribution < 1.29 is 45.5 Å². The molecule has 0 bridgehead atoms. The molecule has 2 saturated carbocycles. The lowest BCUT2D eigenvalue weighted by Gasteiger charge is -2.36. The van der Waals surface area contributed by atoms with E-state index in [1.807, 2.05) is 6.07 Å². The standard InChI is InChI=1S/C35H55F5N4O5SSi/c1-22(49-33(5,6)35(38,39)40)30(43-50(46)32(2,3)4)31-42-26-17-24(10-13-28(26)44(31)21-47-14-15-51(7,8)9)27(20-48-25-11-12-25)41-29(45)16-23-18-34(36,37)19-23/h10,13,17,22-23,25,27,30,43H,11-12,14-16,18-21H2,1-9H3,(H,41,45)/t22-,27-,30+,50-/m1/s1. The van der Waals surface area contributed by atoms with Gasteiger partial charge < -0.3 is 28.6 Å². The lowest BCUT2D eigenvalue weighted by Crippen LogP contribution is -2.50. The van der Waals surface area contributed by atoms with Crippen molar-refractivity contribution in [3.8, 4) is 0 Å². The van der Waals surface area contributed by atoms with Crippen molar-refractivity contribution in [1.29, 1.82) is 0 Å². The number of ether oxygens (including phenoxy) is 3. The molecule has 0 saturated heterocycles. The summed E-state index contributed by atoms with van der Waals surface area (Å²) in [6.45, 7) is 16.0. The van der Waals surface area contributed by atoms with Crippen LogP contribution in [-0.4, -0.2) is 76.0 Å². The molecule has 51 heavy (non-hydrogen) atoms. The summed E-state index contributed by atoms with van der Waals surface area (Å²) in [7, 11) is -1.45. The molecule has 1 heterocycles. The van der Waals surface area contributed by atoms with Crippen LogP contribution in [0.5, 0.6) is 0 Å². The van der Waals surface area contributed by atoms with Crippen molar-refractivity contribution in [1.82, 2.24) is 19.6 Å². The molecule has 0 aliphatic heterocycles. The van der Waals surface area contributed by atoms with E-state index in [-0.39, 0.29) is 56.4 Å². The smallest absolute Gasteiger partial charge is 0.416 e. The summed E-state index contributed by atoms with van der Waals surface area (Å²) < 4.78 is 104. The lowest BCUT2D eigenvalue weighted by atomic mass is 9.79. The highest BCUT2D eigenvalue weighted by Gasteiger charge is 2.51. The first kappa shape index (κ1) is 41.9. The molecule has 0 radical (unpaired) electrons. The molecular formula is C35H55F5N4O5SSi. The number of carbonyl (C=O) groups excluding carboxylic acids is 1. The maximum absolute atomic E-state index is 14.0. The van der Waals surface area contributed by atoms with Crippen LogP contribution in [0.3, 0.4) is 0 Å². The number of fused-ring (bicyclic) bond motifs is 1.